The molecule has 0 bridgehead atoms. The number of carbonyl (C=O) groups is 2. The number of carbonyl (C=O) groups excluding carboxylic acids is 1. The van der Waals surface area contributed by atoms with Crippen molar-refractivity contribution in [1.29, 1.82) is 0 Å². The fourth-order valence-corrected chi connectivity index (χ4v) is 2.55. The number of carboxylic acids is 1. The molecule has 0 aliphatic carbocycles. The van der Waals surface area contributed by atoms with Crippen LogP contribution in [0.25, 0.3) is 0 Å². The predicted octanol–water partition coefficient (Wildman–Crippen LogP) is 2.17. The molecule has 0 aliphatic rings. The summed E-state index contributed by atoms with van der Waals surface area (Å²) in [5, 5.41) is 15.7. The molecular formula is C10H13BrN2O3S. The molecule has 0 aromatic carbocycles. The smallest absolute Gasteiger partial charge is 0.326 e. The Balaban J connectivity index is 2.37. The van der Waals surface area contributed by atoms with E-state index in [0.29, 0.717) is 13.0 Å². The Kier molecular flexibility index (Phi) is 5.43. The fraction of sp³-hybridized carbons (Fsp3) is 0.400. The maximum absolute atomic E-state index is 11.4. The van der Waals surface area contributed by atoms with Gasteiger partial charge in [-0.1, -0.05) is 6.92 Å². The van der Waals surface area contributed by atoms with E-state index in [0.717, 1.165) is 9.35 Å². The van der Waals surface area contributed by atoms with Crippen molar-refractivity contribution in [3.05, 3.63) is 20.8 Å². The Labute approximate surface area is 111 Å². The summed E-state index contributed by atoms with van der Waals surface area (Å²) in [5.41, 5.74) is 0. The van der Waals surface area contributed by atoms with Crippen molar-refractivity contribution in [2.75, 3.05) is 0 Å². The number of hydrogen-bond acceptors (Lipinski definition) is 3. The highest BCUT2D eigenvalue weighted by Gasteiger charge is 2.16. The summed E-state index contributed by atoms with van der Waals surface area (Å²) in [4.78, 5) is 23.1. The summed E-state index contributed by atoms with van der Waals surface area (Å²) in [6, 6.07) is 0.591. The highest BCUT2D eigenvalue weighted by molar-refractivity contribution is 9.10. The zero-order valence-corrected chi connectivity index (χ0v) is 11.6. The lowest BCUT2D eigenvalue weighted by molar-refractivity contribution is -0.139. The summed E-state index contributed by atoms with van der Waals surface area (Å²) in [5.74, 6) is -1.03. The SMILES string of the molecule is CCC(NC(=O)NCc1cc(Br)cs1)C(=O)O. The first kappa shape index (κ1) is 14.0. The second-order valence-electron chi connectivity index (χ2n) is 3.36. The van der Waals surface area contributed by atoms with Crippen LogP contribution in [0, 0.1) is 0 Å². The molecule has 7 heteroatoms. The van der Waals surface area contributed by atoms with E-state index in [1.165, 1.54) is 11.3 Å². The molecule has 1 rings (SSSR count). The minimum Gasteiger partial charge on any atom is -0.480 e. The molecule has 3 N–H and O–H groups in total. The molecule has 1 aromatic rings. The number of hydrogen-bond donors (Lipinski definition) is 3. The first-order valence-electron chi connectivity index (χ1n) is 5.03. The van der Waals surface area contributed by atoms with Crippen molar-refractivity contribution in [2.45, 2.75) is 25.9 Å². The molecule has 2 amide bonds. The highest BCUT2D eigenvalue weighted by atomic mass is 79.9. The summed E-state index contributed by atoms with van der Waals surface area (Å²) < 4.78 is 0.969. The van der Waals surface area contributed by atoms with E-state index in [9.17, 15) is 9.59 Å². The average molecular weight is 321 g/mol. The molecule has 0 fully saturated rings. The molecule has 1 heterocycles. The number of carboxylic acid groups (broad SMARTS) is 1. The molecule has 0 aliphatic heterocycles. The maximum atomic E-state index is 11.4. The number of thiophene rings is 1. The van der Waals surface area contributed by atoms with Crippen LogP contribution in [0.2, 0.25) is 0 Å². The molecule has 0 saturated heterocycles. The van der Waals surface area contributed by atoms with Crippen LogP contribution in [0.1, 0.15) is 18.2 Å². The Morgan fingerprint density at radius 2 is 2.29 bits per heavy atom. The zero-order valence-electron chi connectivity index (χ0n) is 9.20. The number of aliphatic carboxylic acids is 1. The molecule has 1 unspecified atom stereocenters. The molecule has 0 radical (unpaired) electrons. The van der Waals surface area contributed by atoms with Gasteiger partial charge in [0.1, 0.15) is 6.04 Å². The molecule has 17 heavy (non-hydrogen) atoms. The van der Waals surface area contributed by atoms with Crippen molar-refractivity contribution >= 4 is 39.3 Å². The van der Waals surface area contributed by atoms with Gasteiger partial charge in [0.05, 0.1) is 6.54 Å². The van der Waals surface area contributed by atoms with Gasteiger partial charge in [0.15, 0.2) is 0 Å². The summed E-state index contributed by atoms with van der Waals surface area (Å²) in [6.45, 7) is 2.09. The molecule has 5 nitrogen and oxygen atoms in total. The Morgan fingerprint density at radius 3 is 2.76 bits per heavy atom. The number of urea groups is 1. The monoisotopic (exact) mass is 320 g/mol. The molecule has 94 valence electrons. The first-order valence-corrected chi connectivity index (χ1v) is 6.70. The topological polar surface area (TPSA) is 78.4 Å². The maximum Gasteiger partial charge on any atom is 0.326 e. The molecule has 1 aromatic heterocycles. The highest BCUT2D eigenvalue weighted by Crippen LogP contribution is 2.19. The van der Waals surface area contributed by atoms with E-state index >= 15 is 0 Å². The third-order valence-corrected chi connectivity index (χ3v) is 3.75. The Bertz CT molecular complexity index is 408. The minimum atomic E-state index is -1.03. The van der Waals surface area contributed by atoms with E-state index < -0.39 is 18.0 Å². The summed E-state index contributed by atoms with van der Waals surface area (Å²) in [6.07, 6.45) is 0.354. The van der Waals surface area contributed by atoms with Crippen LogP contribution in [-0.2, 0) is 11.3 Å². The standard InChI is InChI=1S/C10H13BrN2O3S/c1-2-8(9(14)15)13-10(16)12-4-7-3-6(11)5-17-7/h3,5,8H,2,4H2,1H3,(H,14,15)(H2,12,13,16). The van der Waals surface area contributed by atoms with Crippen molar-refractivity contribution in [3.63, 3.8) is 0 Å². The third kappa shape index (κ3) is 4.74. The second kappa shape index (κ2) is 6.61. The van der Waals surface area contributed by atoms with Gasteiger partial charge >= 0.3 is 12.0 Å². The lowest BCUT2D eigenvalue weighted by Crippen LogP contribution is -2.45. The lowest BCUT2D eigenvalue weighted by atomic mass is 10.2. The van der Waals surface area contributed by atoms with Gasteiger partial charge < -0.3 is 15.7 Å². The van der Waals surface area contributed by atoms with Gasteiger partial charge in [0, 0.05) is 14.7 Å². The first-order chi connectivity index (χ1) is 8.02. The van der Waals surface area contributed by atoms with Gasteiger partial charge in [0.2, 0.25) is 0 Å². The predicted molar refractivity (Wildman–Crippen MR) is 69.1 cm³/mol. The van der Waals surface area contributed by atoms with Crippen molar-refractivity contribution in [3.8, 4) is 0 Å². The minimum absolute atomic E-state index is 0.354. The quantitative estimate of drug-likeness (QED) is 0.778. The number of rotatable bonds is 5. The Hall–Kier alpha value is -1.08. The van der Waals surface area contributed by atoms with Crippen LogP contribution in [-0.4, -0.2) is 23.1 Å². The van der Waals surface area contributed by atoms with E-state index in [4.69, 9.17) is 5.11 Å². The van der Waals surface area contributed by atoms with Gasteiger partial charge in [-0.3, -0.25) is 0 Å². The number of halogens is 1. The van der Waals surface area contributed by atoms with E-state index in [-0.39, 0.29) is 0 Å². The third-order valence-electron chi connectivity index (χ3n) is 2.06. The van der Waals surface area contributed by atoms with Gasteiger partial charge in [-0.2, -0.15) is 0 Å². The van der Waals surface area contributed by atoms with Crippen LogP contribution in [0.15, 0.2) is 15.9 Å². The largest absolute Gasteiger partial charge is 0.480 e. The van der Waals surface area contributed by atoms with Gasteiger partial charge in [0.25, 0.3) is 0 Å². The second-order valence-corrected chi connectivity index (χ2v) is 5.27. The fourth-order valence-electron chi connectivity index (χ4n) is 1.16. The van der Waals surface area contributed by atoms with E-state index in [1.54, 1.807) is 6.92 Å². The molecular weight excluding hydrogens is 308 g/mol. The van der Waals surface area contributed by atoms with Crippen LogP contribution >= 0.6 is 27.3 Å². The normalized spacial score (nSPS) is 11.9. The van der Waals surface area contributed by atoms with Crippen LogP contribution in [0.5, 0.6) is 0 Å². The van der Waals surface area contributed by atoms with Crippen molar-refractivity contribution in [2.24, 2.45) is 0 Å². The Morgan fingerprint density at radius 1 is 1.59 bits per heavy atom. The molecule has 1 atom stereocenters. The van der Waals surface area contributed by atoms with Crippen LogP contribution in [0.4, 0.5) is 4.79 Å². The van der Waals surface area contributed by atoms with Crippen molar-refractivity contribution < 1.29 is 14.7 Å². The van der Waals surface area contributed by atoms with Crippen LogP contribution < -0.4 is 10.6 Å². The van der Waals surface area contributed by atoms with E-state index in [2.05, 4.69) is 26.6 Å². The van der Waals surface area contributed by atoms with Gasteiger partial charge in [-0.15, -0.1) is 11.3 Å². The average Bonchev–Trinajstić information content (AvgIpc) is 2.68. The van der Waals surface area contributed by atoms with Gasteiger partial charge in [-0.25, -0.2) is 9.59 Å². The summed E-state index contributed by atoms with van der Waals surface area (Å²) in [7, 11) is 0. The van der Waals surface area contributed by atoms with Crippen LogP contribution in [0.3, 0.4) is 0 Å². The lowest BCUT2D eigenvalue weighted by Gasteiger charge is -2.12. The zero-order chi connectivity index (χ0) is 12.8. The van der Waals surface area contributed by atoms with Crippen molar-refractivity contribution in [1.82, 2.24) is 10.6 Å². The summed E-state index contributed by atoms with van der Waals surface area (Å²) >= 11 is 4.83. The molecule has 0 spiro atoms. The number of nitrogens with one attached hydrogen (secondary N) is 2. The van der Waals surface area contributed by atoms with Gasteiger partial charge in [-0.05, 0) is 28.4 Å². The van der Waals surface area contributed by atoms with E-state index in [1.807, 2.05) is 11.4 Å². The molecule has 0 saturated carbocycles. The number of amides is 2.